The number of fused-ring (bicyclic) bond motifs is 1. The average molecular weight is 302 g/mol. The molecule has 22 heavy (non-hydrogen) atoms. The quantitative estimate of drug-likeness (QED) is 0.668. The van der Waals surface area contributed by atoms with Gasteiger partial charge in [-0.1, -0.05) is 25.5 Å². The minimum atomic E-state index is -1.18. The van der Waals surface area contributed by atoms with Gasteiger partial charge in [-0.05, 0) is 30.9 Å². The molecular formula is C16H22N4O2. The molecule has 0 amide bonds. The minimum absolute atomic E-state index is 0.141. The fourth-order valence-electron chi connectivity index (χ4n) is 3.54. The second-order valence-electron chi connectivity index (χ2n) is 6.23. The Labute approximate surface area is 129 Å². The van der Waals surface area contributed by atoms with Crippen molar-refractivity contribution in [1.82, 2.24) is 9.55 Å². The second kappa shape index (κ2) is 5.68. The number of imidazole rings is 1. The Morgan fingerprint density at radius 3 is 3.14 bits per heavy atom. The van der Waals surface area contributed by atoms with Crippen molar-refractivity contribution in [2.75, 3.05) is 0 Å². The molecule has 1 aromatic rings. The Balaban J connectivity index is 1.96. The predicted molar refractivity (Wildman–Crippen MR) is 84.0 cm³/mol. The summed E-state index contributed by atoms with van der Waals surface area (Å²) < 4.78 is 2.12. The van der Waals surface area contributed by atoms with Crippen molar-refractivity contribution in [2.24, 2.45) is 5.73 Å². The molecule has 3 rings (SSSR count). The number of aryl methyl sites for hydroxylation is 1. The van der Waals surface area contributed by atoms with Crippen LogP contribution in [0.2, 0.25) is 0 Å². The first-order chi connectivity index (χ1) is 10.6. The number of rotatable bonds is 5. The zero-order valence-corrected chi connectivity index (χ0v) is 12.8. The van der Waals surface area contributed by atoms with Gasteiger partial charge in [-0.25, -0.2) is 4.98 Å². The summed E-state index contributed by atoms with van der Waals surface area (Å²) >= 11 is 0. The largest absolute Gasteiger partial charge is 0.327 e. The number of nitrogens with two attached hydrogens (primary N) is 1. The SMILES string of the molecule is CCCCC1([N+](=O)[O-])C=C(C2CCc3cncn32)C=CC1N. The number of nitrogens with zero attached hydrogens (tertiary/aromatic N) is 3. The van der Waals surface area contributed by atoms with Gasteiger partial charge in [0, 0.05) is 23.2 Å². The Kier molecular flexibility index (Phi) is 3.87. The van der Waals surface area contributed by atoms with Crippen LogP contribution < -0.4 is 5.73 Å². The lowest BCUT2D eigenvalue weighted by molar-refractivity contribution is -0.558. The van der Waals surface area contributed by atoms with Crippen LogP contribution in [-0.4, -0.2) is 26.1 Å². The molecule has 3 unspecified atom stereocenters. The number of allylic oxidation sites excluding steroid dienone is 2. The van der Waals surface area contributed by atoms with Crippen LogP contribution in [0, 0.1) is 10.1 Å². The summed E-state index contributed by atoms with van der Waals surface area (Å²) in [6.07, 6.45) is 13.4. The van der Waals surface area contributed by atoms with E-state index in [1.165, 1.54) is 5.69 Å². The molecule has 2 heterocycles. The molecule has 0 fully saturated rings. The molecule has 0 bridgehead atoms. The van der Waals surface area contributed by atoms with Gasteiger partial charge in [0.2, 0.25) is 0 Å². The topological polar surface area (TPSA) is 87.0 Å². The van der Waals surface area contributed by atoms with E-state index in [1.54, 1.807) is 6.08 Å². The van der Waals surface area contributed by atoms with Gasteiger partial charge in [0.15, 0.2) is 0 Å². The molecule has 1 aliphatic heterocycles. The van der Waals surface area contributed by atoms with Crippen LogP contribution in [0.25, 0.3) is 0 Å². The summed E-state index contributed by atoms with van der Waals surface area (Å²) in [6.45, 7) is 2.04. The highest BCUT2D eigenvalue weighted by atomic mass is 16.6. The molecule has 1 aliphatic carbocycles. The molecule has 6 nitrogen and oxygen atoms in total. The predicted octanol–water partition coefficient (Wildman–Crippen LogP) is 2.40. The Bertz CT molecular complexity index is 634. The molecule has 3 atom stereocenters. The first kappa shape index (κ1) is 15.0. The van der Waals surface area contributed by atoms with Crippen LogP contribution in [0.4, 0.5) is 0 Å². The first-order valence-electron chi connectivity index (χ1n) is 7.90. The summed E-state index contributed by atoms with van der Waals surface area (Å²) in [4.78, 5) is 15.8. The van der Waals surface area contributed by atoms with E-state index < -0.39 is 11.6 Å². The molecule has 6 heteroatoms. The molecule has 0 spiro atoms. The smallest absolute Gasteiger partial charge is 0.259 e. The van der Waals surface area contributed by atoms with Gasteiger partial charge < -0.3 is 10.3 Å². The highest BCUT2D eigenvalue weighted by Gasteiger charge is 2.47. The van der Waals surface area contributed by atoms with Crippen LogP contribution in [0.15, 0.2) is 36.3 Å². The Hall–Kier alpha value is -1.95. The Morgan fingerprint density at radius 2 is 2.41 bits per heavy atom. The maximum absolute atomic E-state index is 11.8. The van der Waals surface area contributed by atoms with E-state index in [2.05, 4.69) is 9.55 Å². The molecule has 2 aliphatic rings. The molecule has 2 N–H and O–H groups in total. The van der Waals surface area contributed by atoms with Crippen LogP contribution in [0.1, 0.15) is 44.3 Å². The Morgan fingerprint density at radius 1 is 1.59 bits per heavy atom. The number of hydrogen-bond acceptors (Lipinski definition) is 4. The molecule has 0 saturated carbocycles. The molecule has 0 saturated heterocycles. The van der Waals surface area contributed by atoms with Crippen LogP contribution in [0.3, 0.4) is 0 Å². The van der Waals surface area contributed by atoms with Crippen molar-refractivity contribution < 1.29 is 4.92 Å². The van der Waals surface area contributed by atoms with Gasteiger partial charge in [-0.15, -0.1) is 0 Å². The van der Waals surface area contributed by atoms with Crippen molar-refractivity contribution in [3.05, 3.63) is 52.1 Å². The molecular weight excluding hydrogens is 280 g/mol. The lowest BCUT2D eigenvalue weighted by Crippen LogP contribution is -2.53. The lowest BCUT2D eigenvalue weighted by Gasteiger charge is -2.31. The average Bonchev–Trinajstić information content (AvgIpc) is 3.09. The van der Waals surface area contributed by atoms with E-state index in [9.17, 15) is 10.1 Å². The molecule has 118 valence electrons. The summed E-state index contributed by atoms with van der Waals surface area (Å²) in [5.74, 6) is 0. The van der Waals surface area contributed by atoms with Gasteiger partial charge in [-0.3, -0.25) is 10.1 Å². The van der Waals surface area contributed by atoms with E-state index >= 15 is 0 Å². The van der Waals surface area contributed by atoms with E-state index in [0.717, 1.165) is 31.3 Å². The highest BCUT2D eigenvalue weighted by molar-refractivity contribution is 5.37. The van der Waals surface area contributed by atoms with Gasteiger partial charge in [0.25, 0.3) is 5.54 Å². The summed E-state index contributed by atoms with van der Waals surface area (Å²) in [5.41, 5.74) is 7.10. The van der Waals surface area contributed by atoms with E-state index in [4.69, 9.17) is 5.73 Å². The minimum Gasteiger partial charge on any atom is -0.327 e. The summed E-state index contributed by atoms with van der Waals surface area (Å²) in [7, 11) is 0. The standard InChI is InChI=1S/C16H22N4O2/c1-2-3-8-16(20(21)22)9-12(4-7-15(16)17)14-6-5-13-10-18-11-19(13)14/h4,7,9-11,14-15H,2-3,5-6,8,17H2,1H3. The highest BCUT2D eigenvalue weighted by Crippen LogP contribution is 2.38. The van der Waals surface area contributed by atoms with Gasteiger partial charge in [-0.2, -0.15) is 0 Å². The lowest BCUT2D eigenvalue weighted by atomic mass is 9.79. The van der Waals surface area contributed by atoms with Crippen LogP contribution >= 0.6 is 0 Å². The monoisotopic (exact) mass is 302 g/mol. The third-order valence-electron chi connectivity index (χ3n) is 4.90. The van der Waals surface area contributed by atoms with Crippen molar-refractivity contribution in [1.29, 1.82) is 0 Å². The zero-order valence-electron chi connectivity index (χ0n) is 12.8. The maximum atomic E-state index is 11.8. The number of unbranched alkanes of at least 4 members (excludes halogenated alkanes) is 1. The van der Waals surface area contributed by atoms with Gasteiger partial charge in [0.05, 0.1) is 18.4 Å². The van der Waals surface area contributed by atoms with Gasteiger partial charge in [0.1, 0.15) is 0 Å². The number of aromatic nitrogens is 2. The molecule has 1 aromatic heterocycles. The van der Waals surface area contributed by atoms with Crippen LogP contribution in [0.5, 0.6) is 0 Å². The third kappa shape index (κ3) is 2.27. The van der Waals surface area contributed by atoms with E-state index in [0.29, 0.717) is 6.42 Å². The molecule has 0 aromatic carbocycles. The van der Waals surface area contributed by atoms with E-state index in [-0.39, 0.29) is 11.0 Å². The normalized spacial score (nSPS) is 30.2. The second-order valence-corrected chi connectivity index (χ2v) is 6.23. The van der Waals surface area contributed by atoms with Gasteiger partial charge >= 0.3 is 0 Å². The fraction of sp³-hybridized carbons (Fsp3) is 0.562. The summed E-state index contributed by atoms with van der Waals surface area (Å²) in [6, 6.07) is -0.427. The zero-order chi connectivity index (χ0) is 15.7. The van der Waals surface area contributed by atoms with Crippen LogP contribution in [-0.2, 0) is 6.42 Å². The maximum Gasteiger partial charge on any atom is 0.259 e. The third-order valence-corrected chi connectivity index (χ3v) is 4.90. The number of hydrogen-bond donors (Lipinski definition) is 1. The van der Waals surface area contributed by atoms with Crippen molar-refractivity contribution in [3.8, 4) is 0 Å². The van der Waals surface area contributed by atoms with Crippen molar-refractivity contribution >= 4 is 0 Å². The first-order valence-corrected chi connectivity index (χ1v) is 7.90. The number of nitro groups is 1. The van der Waals surface area contributed by atoms with Crippen molar-refractivity contribution in [2.45, 2.75) is 56.7 Å². The molecule has 0 radical (unpaired) electrons. The van der Waals surface area contributed by atoms with Crippen molar-refractivity contribution in [3.63, 3.8) is 0 Å². The fourth-order valence-corrected chi connectivity index (χ4v) is 3.54. The van der Waals surface area contributed by atoms with E-state index in [1.807, 2.05) is 31.6 Å². The summed E-state index contributed by atoms with van der Waals surface area (Å²) in [5, 5.41) is 11.8.